The first kappa shape index (κ1) is 17.6. The molecule has 2 rings (SSSR count). The highest BCUT2D eigenvalue weighted by Crippen LogP contribution is 2.37. The molecule has 0 radical (unpaired) electrons. The summed E-state index contributed by atoms with van der Waals surface area (Å²) in [5.74, 6) is 0.921. The fraction of sp³-hybridized carbons (Fsp3) is 0.300. The van der Waals surface area contributed by atoms with Crippen LogP contribution in [0.3, 0.4) is 0 Å². The first-order valence-corrected chi connectivity index (χ1v) is 8.44. The summed E-state index contributed by atoms with van der Waals surface area (Å²) in [7, 11) is 1.73. The zero-order valence-electron chi connectivity index (χ0n) is 14.4. The van der Waals surface area contributed by atoms with Crippen LogP contribution in [0.1, 0.15) is 43.0 Å². The Morgan fingerprint density at radius 1 is 1.04 bits per heavy atom. The molecule has 2 aromatic carbocycles. The molecule has 0 saturated heterocycles. The molecule has 3 heteroatoms. The highest BCUT2D eigenvalue weighted by molar-refractivity contribution is 9.10. The Morgan fingerprint density at radius 2 is 1.70 bits per heavy atom. The Bertz CT molecular complexity index is 742. The van der Waals surface area contributed by atoms with Crippen LogP contribution in [0.2, 0.25) is 0 Å². The summed E-state index contributed by atoms with van der Waals surface area (Å²) in [5, 5.41) is 0. The minimum Gasteiger partial charge on any atom is -0.496 e. The average Bonchev–Trinajstić information content (AvgIpc) is 2.44. The lowest BCUT2D eigenvalue weighted by Gasteiger charge is -2.24. The molecule has 0 heterocycles. The van der Waals surface area contributed by atoms with Crippen molar-refractivity contribution >= 4 is 33.8 Å². The molecule has 0 amide bonds. The maximum Gasteiger partial charge on any atom is 0.129 e. The minimum absolute atomic E-state index is 0.00876. The molecule has 0 aromatic heterocycles. The molecule has 0 saturated carbocycles. The van der Waals surface area contributed by atoms with Crippen molar-refractivity contribution in [3.05, 3.63) is 57.1 Å². The number of rotatable bonds is 3. The van der Waals surface area contributed by atoms with Gasteiger partial charge < -0.3 is 10.5 Å². The van der Waals surface area contributed by atoms with Gasteiger partial charge >= 0.3 is 0 Å². The number of aryl methyl sites for hydroxylation is 1. The lowest BCUT2D eigenvalue weighted by atomic mass is 9.85. The molecule has 0 aliphatic rings. The van der Waals surface area contributed by atoms with Crippen LogP contribution in [-0.4, -0.2) is 7.11 Å². The van der Waals surface area contributed by atoms with Crippen LogP contribution in [-0.2, 0) is 5.41 Å². The van der Waals surface area contributed by atoms with Crippen molar-refractivity contribution in [3.63, 3.8) is 0 Å². The molecule has 0 unspecified atom stereocenters. The number of halogens is 1. The number of anilines is 1. The molecule has 0 fully saturated rings. The number of benzene rings is 2. The summed E-state index contributed by atoms with van der Waals surface area (Å²) in [5.41, 5.74) is 11.2. The van der Waals surface area contributed by atoms with E-state index in [1.807, 2.05) is 18.2 Å². The predicted molar refractivity (Wildman–Crippen MR) is 104 cm³/mol. The molecule has 0 spiro atoms. The Balaban J connectivity index is 2.51. The third-order valence-electron chi connectivity index (χ3n) is 3.83. The Labute approximate surface area is 147 Å². The maximum absolute atomic E-state index is 5.82. The van der Waals surface area contributed by atoms with Gasteiger partial charge in [-0.05, 0) is 47.7 Å². The number of ether oxygens (including phenoxy) is 1. The van der Waals surface area contributed by atoms with Crippen LogP contribution in [0.5, 0.6) is 5.75 Å². The predicted octanol–water partition coefficient (Wildman–Crippen LogP) is 5.82. The van der Waals surface area contributed by atoms with Crippen LogP contribution < -0.4 is 10.5 Å². The van der Waals surface area contributed by atoms with Crippen LogP contribution in [0.4, 0.5) is 5.69 Å². The number of nitrogens with two attached hydrogens (primary N) is 1. The lowest BCUT2D eigenvalue weighted by molar-refractivity contribution is 0.396. The van der Waals surface area contributed by atoms with E-state index in [-0.39, 0.29) is 5.41 Å². The quantitative estimate of drug-likeness (QED) is 0.543. The summed E-state index contributed by atoms with van der Waals surface area (Å²) < 4.78 is 6.76. The average molecular weight is 374 g/mol. The zero-order chi connectivity index (χ0) is 17.2. The third-order valence-corrected chi connectivity index (χ3v) is 4.29. The molecule has 23 heavy (non-hydrogen) atoms. The Kier molecular flexibility index (Phi) is 5.20. The van der Waals surface area contributed by atoms with Gasteiger partial charge in [-0.1, -0.05) is 54.9 Å². The van der Waals surface area contributed by atoms with Crippen molar-refractivity contribution in [3.8, 4) is 5.75 Å². The summed E-state index contributed by atoms with van der Waals surface area (Å²) in [6.45, 7) is 8.63. The Hall–Kier alpha value is -1.74. The van der Waals surface area contributed by atoms with Crippen LogP contribution in [0.15, 0.2) is 34.8 Å². The van der Waals surface area contributed by atoms with Gasteiger partial charge in [-0.2, -0.15) is 0 Å². The fourth-order valence-corrected chi connectivity index (χ4v) is 3.06. The third kappa shape index (κ3) is 4.17. The molecule has 0 bridgehead atoms. The lowest BCUT2D eigenvalue weighted by Crippen LogP contribution is -2.13. The Morgan fingerprint density at radius 3 is 2.26 bits per heavy atom. The number of hydrogen-bond donors (Lipinski definition) is 1. The molecule has 0 atom stereocenters. The van der Waals surface area contributed by atoms with Gasteiger partial charge in [0.2, 0.25) is 0 Å². The van der Waals surface area contributed by atoms with E-state index >= 15 is 0 Å². The van der Waals surface area contributed by atoms with Gasteiger partial charge in [0, 0.05) is 21.3 Å². The second kappa shape index (κ2) is 6.79. The minimum atomic E-state index is 0.00876. The molecular formula is C20H24BrNO. The number of nitrogen functional groups attached to an aromatic ring is 1. The fourth-order valence-electron chi connectivity index (χ4n) is 2.59. The second-order valence-corrected chi connectivity index (χ2v) is 7.69. The van der Waals surface area contributed by atoms with E-state index < -0.39 is 0 Å². The normalized spacial score (nSPS) is 11.9. The highest BCUT2D eigenvalue weighted by atomic mass is 79.9. The van der Waals surface area contributed by atoms with E-state index in [4.69, 9.17) is 10.5 Å². The summed E-state index contributed by atoms with van der Waals surface area (Å²) >= 11 is 3.61. The van der Waals surface area contributed by atoms with E-state index in [1.165, 1.54) is 5.56 Å². The molecule has 2 nitrogen and oxygen atoms in total. The van der Waals surface area contributed by atoms with Crippen molar-refractivity contribution < 1.29 is 4.74 Å². The zero-order valence-corrected chi connectivity index (χ0v) is 16.0. The largest absolute Gasteiger partial charge is 0.496 e. The van der Waals surface area contributed by atoms with Crippen LogP contribution >= 0.6 is 15.9 Å². The highest BCUT2D eigenvalue weighted by Gasteiger charge is 2.21. The standard InChI is InChI=1S/C20H24BrNO/c1-13-10-17(22)9-8-14(13)6-7-15-11-16(21)12-18(19(15)23-5)20(2,3)4/h6-12H,22H2,1-5H3/b7-6+. The van der Waals surface area contributed by atoms with E-state index in [2.05, 4.69) is 67.9 Å². The number of hydrogen-bond acceptors (Lipinski definition) is 2. The summed E-state index contributed by atoms with van der Waals surface area (Å²) in [6, 6.07) is 10.2. The van der Waals surface area contributed by atoms with Gasteiger partial charge in [0.1, 0.15) is 5.75 Å². The molecular weight excluding hydrogens is 350 g/mol. The first-order valence-electron chi connectivity index (χ1n) is 7.64. The van der Waals surface area contributed by atoms with Crippen LogP contribution in [0.25, 0.3) is 12.2 Å². The van der Waals surface area contributed by atoms with Crippen molar-refractivity contribution in [2.45, 2.75) is 33.1 Å². The van der Waals surface area contributed by atoms with E-state index in [0.717, 1.165) is 32.6 Å². The maximum atomic E-state index is 5.82. The van der Waals surface area contributed by atoms with Gasteiger partial charge in [0.15, 0.2) is 0 Å². The van der Waals surface area contributed by atoms with Crippen LogP contribution in [0, 0.1) is 6.92 Å². The molecule has 0 aliphatic heterocycles. The van der Waals surface area contributed by atoms with E-state index in [1.54, 1.807) is 7.11 Å². The SMILES string of the molecule is COc1c(/C=C/c2ccc(N)cc2C)cc(Br)cc1C(C)(C)C. The summed E-state index contributed by atoms with van der Waals surface area (Å²) in [4.78, 5) is 0. The van der Waals surface area contributed by atoms with Gasteiger partial charge in [-0.3, -0.25) is 0 Å². The van der Waals surface area contributed by atoms with Gasteiger partial charge in [-0.25, -0.2) is 0 Å². The molecule has 2 aromatic rings. The monoisotopic (exact) mass is 373 g/mol. The van der Waals surface area contributed by atoms with E-state index in [0.29, 0.717) is 0 Å². The summed E-state index contributed by atoms with van der Waals surface area (Å²) in [6.07, 6.45) is 4.20. The molecule has 0 aliphatic carbocycles. The van der Waals surface area contributed by atoms with E-state index in [9.17, 15) is 0 Å². The van der Waals surface area contributed by atoms with Crippen molar-refractivity contribution in [1.82, 2.24) is 0 Å². The topological polar surface area (TPSA) is 35.2 Å². The smallest absolute Gasteiger partial charge is 0.129 e. The molecule has 122 valence electrons. The molecule has 2 N–H and O–H groups in total. The number of methoxy groups -OCH3 is 1. The van der Waals surface area contributed by atoms with Crippen molar-refractivity contribution in [2.24, 2.45) is 0 Å². The first-order chi connectivity index (χ1) is 10.7. The van der Waals surface area contributed by atoms with Crippen molar-refractivity contribution in [2.75, 3.05) is 12.8 Å². The second-order valence-electron chi connectivity index (χ2n) is 6.78. The van der Waals surface area contributed by atoms with Crippen molar-refractivity contribution in [1.29, 1.82) is 0 Å². The van der Waals surface area contributed by atoms with Gasteiger partial charge in [0.05, 0.1) is 7.11 Å². The van der Waals surface area contributed by atoms with Gasteiger partial charge in [0.25, 0.3) is 0 Å². The van der Waals surface area contributed by atoms with Gasteiger partial charge in [-0.15, -0.1) is 0 Å².